The molecule has 0 aromatic heterocycles. The fraction of sp³-hybridized carbons (Fsp3) is 0.133. The normalized spacial score (nSPS) is 10.2. The van der Waals surface area contributed by atoms with Gasteiger partial charge in [0.05, 0.1) is 11.6 Å². The molecular formula is C15H12BrFO4. The van der Waals surface area contributed by atoms with E-state index in [4.69, 9.17) is 14.6 Å². The number of hydrogen-bond donors (Lipinski definition) is 1. The third-order valence-corrected chi connectivity index (χ3v) is 3.40. The summed E-state index contributed by atoms with van der Waals surface area (Å²) in [5.74, 6) is -0.679. The van der Waals surface area contributed by atoms with Crippen molar-refractivity contribution in [2.24, 2.45) is 0 Å². The van der Waals surface area contributed by atoms with Gasteiger partial charge in [0.1, 0.15) is 29.5 Å². The molecule has 1 N–H and O–H groups in total. The Bertz CT molecular complexity index is 673. The van der Waals surface area contributed by atoms with Crippen LogP contribution in [-0.4, -0.2) is 18.2 Å². The Hall–Kier alpha value is -2.08. The highest BCUT2D eigenvalue weighted by Gasteiger charge is 2.12. The number of methoxy groups -OCH3 is 1. The predicted octanol–water partition coefficient (Wildman–Crippen LogP) is 3.87. The van der Waals surface area contributed by atoms with Crippen LogP contribution in [0.3, 0.4) is 0 Å². The molecule has 0 unspecified atom stereocenters. The first-order chi connectivity index (χ1) is 10.0. The Morgan fingerprint density at radius 3 is 2.57 bits per heavy atom. The minimum Gasteiger partial charge on any atom is -0.496 e. The number of carboxylic acids is 1. The van der Waals surface area contributed by atoms with E-state index in [-0.39, 0.29) is 23.7 Å². The molecule has 0 aliphatic heterocycles. The van der Waals surface area contributed by atoms with Crippen LogP contribution in [0.4, 0.5) is 4.39 Å². The summed E-state index contributed by atoms with van der Waals surface area (Å²) in [6.45, 7) is 0.161. The van der Waals surface area contributed by atoms with Crippen molar-refractivity contribution < 1.29 is 23.8 Å². The first-order valence-electron chi connectivity index (χ1n) is 5.99. The fourth-order valence-corrected chi connectivity index (χ4v) is 2.23. The molecule has 0 radical (unpaired) electrons. The highest BCUT2D eigenvalue weighted by Crippen LogP contribution is 2.27. The second-order valence-electron chi connectivity index (χ2n) is 4.20. The highest BCUT2D eigenvalue weighted by atomic mass is 79.9. The Kier molecular flexibility index (Phi) is 4.80. The van der Waals surface area contributed by atoms with Crippen molar-refractivity contribution in [1.82, 2.24) is 0 Å². The lowest BCUT2D eigenvalue weighted by molar-refractivity contribution is 0.0693. The largest absolute Gasteiger partial charge is 0.496 e. The predicted molar refractivity (Wildman–Crippen MR) is 78.4 cm³/mol. The smallest absolute Gasteiger partial charge is 0.339 e. The molecule has 4 nitrogen and oxygen atoms in total. The van der Waals surface area contributed by atoms with Crippen LogP contribution in [0.5, 0.6) is 11.5 Å². The van der Waals surface area contributed by atoms with Crippen molar-refractivity contribution >= 4 is 21.9 Å². The lowest BCUT2D eigenvalue weighted by atomic mass is 10.1. The minimum absolute atomic E-state index is 0.0665. The molecule has 0 fully saturated rings. The zero-order valence-corrected chi connectivity index (χ0v) is 12.7. The van der Waals surface area contributed by atoms with E-state index >= 15 is 0 Å². The summed E-state index contributed by atoms with van der Waals surface area (Å²) in [7, 11) is 1.41. The zero-order valence-electron chi connectivity index (χ0n) is 11.1. The molecule has 0 aliphatic carbocycles. The molecule has 0 spiro atoms. The van der Waals surface area contributed by atoms with E-state index < -0.39 is 5.97 Å². The summed E-state index contributed by atoms with van der Waals surface area (Å²) in [6.07, 6.45) is 0. The van der Waals surface area contributed by atoms with Gasteiger partial charge in [-0.25, -0.2) is 9.18 Å². The molecule has 0 heterocycles. The van der Waals surface area contributed by atoms with E-state index in [0.717, 1.165) is 0 Å². The molecule has 2 aromatic rings. The third kappa shape index (κ3) is 3.72. The van der Waals surface area contributed by atoms with Crippen LogP contribution in [0.1, 0.15) is 15.9 Å². The van der Waals surface area contributed by atoms with Gasteiger partial charge < -0.3 is 14.6 Å². The van der Waals surface area contributed by atoms with Gasteiger partial charge >= 0.3 is 5.97 Å². The SMILES string of the molecule is COc1ccc(COc2ccc(F)cc2Br)cc1C(=O)O. The van der Waals surface area contributed by atoms with Crippen molar-refractivity contribution in [2.45, 2.75) is 6.61 Å². The van der Waals surface area contributed by atoms with Crippen molar-refractivity contribution in [3.8, 4) is 11.5 Å². The Balaban J connectivity index is 2.16. The van der Waals surface area contributed by atoms with Crippen molar-refractivity contribution in [3.63, 3.8) is 0 Å². The number of rotatable bonds is 5. The van der Waals surface area contributed by atoms with Crippen LogP contribution in [0.15, 0.2) is 40.9 Å². The molecule has 0 atom stereocenters. The van der Waals surface area contributed by atoms with Gasteiger partial charge in [0.2, 0.25) is 0 Å². The van der Waals surface area contributed by atoms with Crippen LogP contribution in [0, 0.1) is 5.82 Å². The first kappa shape index (κ1) is 15.3. The number of hydrogen-bond acceptors (Lipinski definition) is 3. The van der Waals surface area contributed by atoms with Gasteiger partial charge in [-0.15, -0.1) is 0 Å². The molecule has 6 heteroatoms. The monoisotopic (exact) mass is 354 g/mol. The van der Waals surface area contributed by atoms with Gasteiger partial charge in [-0.3, -0.25) is 0 Å². The minimum atomic E-state index is -1.07. The van der Waals surface area contributed by atoms with Gasteiger partial charge in [0, 0.05) is 0 Å². The van der Waals surface area contributed by atoms with Gasteiger partial charge in [0.25, 0.3) is 0 Å². The maximum atomic E-state index is 13.0. The van der Waals surface area contributed by atoms with E-state index in [0.29, 0.717) is 15.8 Å². The molecular weight excluding hydrogens is 343 g/mol. The molecule has 0 amide bonds. The summed E-state index contributed by atoms with van der Waals surface area (Å²) in [6, 6.07) is 8.85. The standard InChI is InChI=1S/C15H12BrFO4/c1-20-13-4-2-9(6-11(13)15(18)19)8-21-14-5-3-10(17)7-12(14)16/h2-7H,8H2,1H3,(H,18,19). The van der Waals surface area contributed by atoms with Crippen LogP contribution < -0.4 is 9.47 Å². The topological polar surface area (TPSA) is 55.8 Å². The molecule has 2 aromatic carbocycles. The number of carbonyl (C=O) groups is 1. The van der Waals surface area contributed by atoms with Crippen molar-refractivity contribution in [2.75, 3.05) is 7.11 Å². The number of halogens is 2. The molecule has 0 bridgehead atoms. The average molecular weight is 355 g/mol. The number of benzene rings is 2. The Morgan fingerprint density at radius 1 is 1.24 bits per heavy atom. The summed E-state index contributed by atoms with van der Waals surface area (Å²) in [4.78, 5) is 11.1. The van der Waals surface area contributed by atoms with E-state index in [1.54, 1.807) is 12.1 Å². The summed E-state index contributed by atoms with van der Waals surface area (Å²) in [5.41, 5.74) is 0.737. The van der Waals surface area contributed by atoms with E-state index in [2.05, 4.69) is 15.9 Å². The molecule has 0 saturated carbocycles. The van der Waals surface area contributed by atoms with E-state index in [1.807, 2.05) is 0 Å². The van der Waals surface area contributed by atoms with Gasteiger partial charge in [-0.2, -0.15) is 0 Å². The van der Waals surface area contributed by atoms with Gasteiger partial charge in [-0.1, -0.05) is 6.07 Å². The van der Waals surface area contributed by atoms with E-state index in [1.165, 1.54) is 31.4 Å². The number of aromatic carboxylic acids is 1. The van der Waals surface area contributed by atoms with Crippen LogP contribution >= 0.6 is 15.9 Å². The molecule has 2 rings (SSSR count). The molecule has 0 aliphatic rings. The maximum absolute atomic E-state index is 13.0. The van der Waals surface area contributed by atoms with Crippen LogP contribution in [-0.2, 0) is 6.61 Å². The van der Waals surface area contributed by atoms with Crippen molar-refractivity contribution in [1.29, 1.82) is 0 Å². The number of carboxylic acid groups (broad SMARTS) is 1. The maximum Gasteiger partial charge on any atom is 0.339 e. The van der Waals surface area contributed by atoms with Gasteiger partial charge in [-0.05, 0) is 51.8 Å². The summed E-state index contributed by atoms with van der Waals surface area (Å²) in [5, 5.41) is 9.11. The molecule has 110 valence electrons. The number of ether oxygens (including phenoxy) is 2. The van der Waals surface area contributed by atoms with Crippen LogP contribution in [0.2, 0.25) is 0 Å². The lowest BCUT2D eigenvalue weighted by Crippen LogP contribution is -2.03. The Labute approximate surface area is 129 Å². The fourth-order valence-electron chi connectivity index (χ4n) is 1.77. The Morgan fingerprint density at radius 2 is 1.95 bits per heavy atom. The molecule has 0 saturated heterocycles. The second kappa shape index (κ2) is 6.58. The van der Waals surface area contributed by atoms with Crippen molar-refractivity contribution in [3.05, 3.63) is 57.8 Å². The first-order valence-corrected chi connectivity index (χ1v) is 6.78. The molecule has 21 heavy (non-hydrogen) atoms. The zero-order chi connectivity index (χ0) is 15.4. The summed E-state index contributed by atoms with van der Waals surface area (Å²) >= 11 is 3.20. The van der Waals surface area contributed by atoms with E-state index in [9.17, 15) is 9.18 Å². The third-order valence-electron chi connectivity index (χ3n) is 2.78. The highest BCUT2D eigenvalue weighted by molar-refractivity contribution is 9.10. The van der Waals surface area contributed by atoms with Crippen LogP contribution in [0.25, 0.3) is 0 Å². The summed E-state index contributed by atoms with van der Waals surface area (Å²) < 4.78 is 24.0. The lowest BCUT2D eigenvalue weighted by Gasteiger charge is -2.10. The second-order valence-corrected chi connectivity index (χ2v) is 5.06. The van der Waals surface area contributed by atoms with Gasteiger partial charge in [0.15, 0.2) is 0 Å². The average Bonchev–Trinajstić information content (AvgIpc) is 2.46. The quantitative estimate of drug-likeness (QED) is 0.885.